The van der Waals surface area contributed by atoms with Gasteiger partial charge in [-0.1, -0.05) is 0 Å². The van der Waals surface area contributed by atoms with Crippen LogP contribution >= 0.6 is 0 Å². The van der Waals surface area contributed by atoms with E-state index in [1.165, 1.54) is 6.39 Å². The van der Waals surface area contributed by atoms with Crippen LogP contribution in [0.5, 0.6) is 0 Å². The molecule has 1 heterocycles. The van der Waals surface area contributed by atoms with Crippen molar-refractivity contribution in [3.05, 3.63) is 30.2 Å². The van der Waals surface area contributed by atoms with Gasteiger partial charge in [0.15, 0.2) is 12.0 Å². The average molecular weight is 264 g/mol. The topological polar surface area (TPSA) is 84.6 Å². The normalized spacial score (nSPS) is 12.5. The summed E-state index contributed by atoms with van der Waals surface area (Å²) in [6.07, 6.45) is 0.848. The number of hydrogen-bond acceptors (Lipinski definition) is 5. The smallest absolute Gasteiger partial charge is 0.251 e. The van der Waals surface area contributed by atoms with Crippen LogP contribution in [0.3, 0.4) is 0 Å². The Morgan fingerprint density at radius 2 is 2.42 bits per heavy atom. The van der Waals surface area contributed by atoms with E-state index in [4.69, 9.17) is 14.3 Å². The number of ether oxygens (including phenoxy) is 1. The first-order chi connectivity index (χ1) is 9.16. The highest BCUT2D eigenvalue weighted by molar-refractivity contribution is 5.96. The van der Waals surface area contributed by atoms with Gasteiger partial charge in [-0.2, -0.15) is 0 Å². The molecule has 0 radical (unpaired) electrons. The molecule has 0 spiro atoms. The van der Waals surface area contributed by atoms with Crippen LogP contribution in [0.15, 0.2) is 29.0 Å². The summed E-state index contributed by atoms with van der Waals surface area (Å²) >= 11 is 0. The minimum absolute atomic E-state index is 0.189. The van der Waals surface area contributed by atoms with E-state index in [9.17, 15) is 4.79 Å². The predicted octanol–water partition coefficient (Wildman–Crippen LogP) is 0.955. The van der Waals surface area contributed by atoms with Crippen LogP contribution in [0.1, 0.15) is 17.3 Å². The molecule has 2 rings (SSSR count). The summed E-state index contributed by atoms with van der Waals surface area (Å²) < 4.78 is 10.2. The van der Waals surface area contributed by atoms with Crippen LogP contribution < -0.4 is 5.32 Å². The predicted molar refractivity (Wildman–Crippen MR) is 68.8 cm³/mol. The molecule has 1 amide bonds. The van der Waals surface area contributed by atoms with E-state index in [-0.39, 0.29) is 12.5 Å². The van der Waals surface area contributed by atoms with Crippen molar-refractivity contribution in [1.82, 2.24) is 10.3 Å². The van der Waals surface area contributed by atoms with E-state index in [0.717, 1.165) is 0 Å². The maximum absolute atomic E-state index is 11.8. The van der Waals surface area contributed by atoms with Crippen LogP contribution in [0.25, 0.3) is 11.1 Å². The maximum Gasteiger partial charge on any atom is 0.251 e. The van der Waals surface area contributed by atoms with Crippen LogP contribution in [-0.4, -0.2) is 41.9 Å². The summed E-state index contributed by atoms with van der Waals surface area (Å²) in [5.74, 6) is -0.189. The molecule has 0 saturated heterocycles. The first-order valence-electron chi connectivity index (χ1n) is 6.04. The zero-order valence-corrected chi connectivity index (χ0v) is 10.6. The lowest BCUT2D eigenvalue weighted by Gasteiger charge is -2.07. The zero-order chi connectivity index (χ0) is 13.7. The van der Waals surface area contributed by atoms with Gasteiger partial charge in [0.05, 0.1) is 19.3 Å². The quantitative estimate of drug-likeness (QED) is 0.759. The largest absolute Gasteiger partial charge is 0.443 e. The number of aliphatic hydroxyl groups is 1. The molecular formula is C13H16N2O4. The third-order valence-electron chi connectivity index (χ3n) is 2.48. The molecule has 6 nitrogen and oxygen atoms in total. The number of nitrogens with one attached hydrogen (secondary N) is 1. The van der Waals surface area contributed by atoms with E-state index in [2.05, 4.69) is 10.3 Å². The second kappa shape index (κ2) is 6.31. The summed E-state index contributed by atoms with van der Waals surface area (Å²) in [7, 11) is 0. The molecule has 1 atom stereocenters. The summed E-state index contributed by atoms with van der Waals surface area (Å²) in [5.41, 5.74) is 1.83. The van der Waals surface area contributed by atoms with E-state index >= 15 is 0 Å². The highest BCUT2D eigenvalue weighted by Crippen LogP contribution is 2.13. The average Bonchev–Trinajstić information content (AvgIpc) is 2.84. The van der Waals surface area contributed by atoms with Crippen molar-refractivity contribution in [2.45, 2.75) is 13.0 Å². The fourth-order valence-electron chi connectivity index (χ4n) is 1.59. The molecule has 1 aromatic heterocycles. The first-order valence-corrected chi connectivity index (χ1v) is 6.04. The van der Waals surface area contributed by atoms with E-state index in [0.29, 0.717) is 29.8 Å². The lowest BCUT2D eigenvalue weighted by atomic mass is 10.2. The number of benzene rings is 1. The van der Waals surface area contributed by atoms with Crippen LogP contribution in [0.4, 0.5) is 0 Å². The molecule has 0 aliphatic rings. The number of aromatic nitrogens is 1. The van der Waals surface area contributed by atoms with Gasteiger partial charge in [0.2, 0.25) is 0 Å². The van der Waals surface area contributed by atoms with Crippen molar-refractivity contribution in [3.63, 3.8) is 0 Å². The molecule has 0 fully saturated rings. The standard InChI is InChI=1S/C13H16N2O4/c1-9(16)7-18-5-4-14-13(17)10-2-3-12-11(6-10)15-8-19-12/h2-3,6,8-9,16H,4-5,7H2,1H3,(H,14,17). The third kappa shape index (κ3) is 3.77. The number of fused-ring (bicyclic) bond motifs is 1. The monoisotopic (exact) mass is 264 g/mol. The van der Waals surface area contributed by atoms with E-state index in [1.54, 1.807) is 25.1 Å². The van der Waals surface area contributed by atoms with Gasteiger partial charge in [-0.15, -0.1) is 0 Å². The fourth-order valence-corrected chi connectivity index (χ4v) is 1.59. The molecule has 1 aromatic carbocycles. The lowest BCUT2D eigenvalue weighted by molar-refractivity contribution is 0.0470. The Labute approximate surface area is 110 Å². The van der Waals surface area contributed by atoms with Gasteiger partial charge >= 0.3 is 0 Å². The Bertz CT molecular complexity index is 550. The number of carbonyl (C=O) groups excluding carboxylic acids is 1. The maximum atomic E-state index is 11.8. The fraction of sp³-hybridized carbons (Fsp3) is 0.385. The number of nitrogens with zero attached hydrogens (tertiary/aromatic N) is 1. The SMILES string of the molecule is CC(O)COCCNC(=O)c1ccc2ocnc2c1. The Hall–Kier alpha value is -1.92. The second-order valence-corrected chi connectivity index (χ2v) is 4.21. The molecule has 0 aliphatic heterocycles. The number of aliphatic hydroxyl groups excluding tert-OH is 1. The van der Waals surface area contributed by atoms with Gasteiger partial charge in [0.1, 0.15) is 5.52 Å². The highest BCUT2D eigenvalue weighted by Gasteiger charge is 2.07. The van der Waals surface area contributed by atoms with Gasteiger partial charge in [-0.05, 0) is 25.1 Å². The van der Waals surface area contributed by atoms with E-state index in [1.807, 2.05) is 0 Å². The number of amides is 1. The number of rotatable bonds is 6. The van der Waals surface area contributed by atoms with Crippen molar-refractivity contribution >= 4 is 17.0 Å². The molecule has 1 unspecified atom stereocenters. The Kier molecular flexibility index (Phi) is 4.48. The summed E-state index contributed by atoms with van der Waals surface area (Å²) in [4.78, 5) is 15.8. The van der Waals surface area contributed by atoms with Gasteiger partial charge < -0.3 is 19.6 Å². The Morgan fingerprint density at radius 1 is 1.58 bits per heavy atom. The highest BCUT2D eigenvalue weighted by atomic mass is 16.5. The summed E-state index contributed by atoms with van der Waals surface area (Å²) in [5, 5.41) is 11.7. The Morgan fingerprint density at radius 3 is 3.21 bits per heavy atom. The second-order valence-electron chi connectivity index (χ2n) is 4.21. The van der Waals surface area contributed by atoms with Crippen LogP contribution in [-0.2, 0) is 4.74 Å². The molecule has 102 valence electrons. The van der Waals surface area contributed by atoms with Crippen molar-refractivity contribution in [3.8, 4) is 0 Å². The van der Waals surface area contributed by atoms with Gasteiger partial charge in [-0.3, -0.25) is 4.79 Å². The zero-order valence-electron chi connectivity index (χ0n) is 10.6. The number of oxazole rings is 1. The van der Waals surface area contributed by atoms with Gasteiger partial charge in [0, 0.05) is 12.1 Å². The van der Waals surface area contributed by atoms with Crippen LogP contribution in [0.2, 0.25) is 0 Å². The minimum Gasteiger partial charge on any atom is -0.443 e. The summed E-state index contributed by atoms with van der Waals surface area (Å²) in [6, 6.07) is 5.06. The van der Waals surface area contributed by atoms with Gasteiger partial charge in [0.25, 0.3) is 5.91 Å². The van der Waals surface area contributed by atoms with Gasteiger partial charge in [-0.25, -0.2) is 4.98 Å². The Balaban J connectivity index is 1.82. The van der Waals surface area contributed by atoms with Crippen molar-refractivity contribution in [2.24, 2.45) is 0 Å². The number of carbonyl (C=O) groups is 1. The first kappa shape index (κ1) is 13.5. The molecular weight excluding hydrogens is 248 g/mol. The summed E-state index contributed by atoms with van der Waals surface area (Å²) in [6.45, 7) is 2.66. The molecule has 0 bridgehead atoms. The molecule has 6 heteroatoms. The van der Waals surface area contributed by atoms with Crippen molar-refractivity contribution < 1.29 is 19.1 Å². The molecule has 0 aliphatic carbocycles. The van der Waals surface area contributed by atoms with Crippen molar-refractivity contribution in [1.29, 1.82) is 0 Å². The van der Waals surface area contributed by atoms with Crippen LogP contribution in [0, 0.1) is 0 Å². The van der Waals surface area contributed by atoms with E-state index < -0.39 is 6.10 Å². The molecule has 2 N–H and O–H groups in total. The number of hydrogen-bond donors (Lipinski definition) is 2. The minimum atomic E-state index is -0.495. The third-order valence-corrected chi connectivity index (χ3v) is 2.48. The molecule has 19 heavy (non-hydrogen) atoms. The molecule has 2 aromatic rings. The molecule has 0 saturated carbocycles. The lowest BCUT2D eigenvalue weighted by Crippen LogP contribution is -2.28. The van der Waals surface area contributed by atoms with Crippen molar-refractivity contribution in [2.75, 3.05) is 19.8 Å².